The highest BCUT2D eigenvalue weighted by Gasteiger charge is 2.10. The Labute approximate surface area is 127 Å². The third-order valence-electron chi connectivity index (χ3n) is 3.48. The van der Waals surface area contributed by atoms with E-state index in [1.54, 1.807) is 42.7 Å². The predicted molar refractivity (Wildman–Crippen MR) is 86.1 cm³/mol. The molecule has 0 fully saturated rings. The van der Waals surface area contributed by atoms with E-state index in [0.717, 1.165) is 10.8 Å². The summed E-state index contributed by atoms with van der Waals surface area (Å²) in [4.78, 5) is 27.8. The lowest BCUT2D eigenvalue weighted by Gasteiger charge is -2.08. The van der Waals surface area contributed by atoms with Crippen LogP contribution in [-0.2, 0) is 0 Å². The summed E-state index contributed by atoms with van der Waals surface area (Å²) in [5.74, 6) is -0.202. The second kappa shape index (κ2) is 5.77. The number of carbonyl (C=O) groups is 2. The molecule has 1 amide bonds. The number of nitrogens with zero attached hydrogens (tertiary/aromatic N) is 1. The van der Waals surface area contributed by atoms with Gasteiger partial charge in [-0.3, -0.25) is 14.6 Å². The van der Waals surface area contributed by atoms with Crippen molar-refractivity contribution in [1.29, 1.82) is 0 Å². The molecule has 4 nitrogen and oxygen atoms in total. The Bertz CT molecular complexity index is 849. The number of Topliss-reactive ketones (excluding diaryl/α,β-unsaturated/α-hetero) is 1. The zero-order chi connectivity index (χ0) is 15.5. The van der Waals surface area contributed by atoms with Crippen LogP contribution >= 0.6 is 0 Å². The highest BCUT2D eigenvalue weighted by molar-refractivity contribution is 6.12. The van der Waals surface area contributed by atoms with Gasteiger partial charge in [-0.15, -0.1) is 0 Å². The summed E-state index contributed by atoms with van der Waals surface area (Å²) in [6.07, 6.45) is 3.38. The summed E-state index contributed by atoms with van der Waals surface area (Å²) in [7, 11) is 0. The van der Waals surface area contributed by atoms with E-state index in [-0.39, 0.29) is 11.7 Å². The highest BCUT2D eigenvalue weighted by Crippen LogP contribution is 2.19. The van der Waals surface area contributed by atoms with Crippen LogP contribution in [0.4, 0.5) is 5.69 Å². The first-order valence-corrected chi connectivity index (χ1v) is 6.90. The van der Waals surface area contributed by atoms with Crippen molar-refractivity contribution in [3.8, 4) is 0 Å². The molecule has 1 aromatic heterocycles. The van der Waals surface area contributed by atoms with Crippen molar-refractivity contribution in [2.45, 2.75) is 6.92 Å². The molecular formula is C18H14N2O2. The second-order valence-corrected chi connectivity index (χ2v) is 4.99. The van der Waals surface area contributed by atoms with E-state index in [0.29, 0.717) is 16.8 Å². The van der Waals surface area contributed by atoms with Crippen molar-refractivity contribution in [3.05, 3.63) is 72.1 Å². The van der Waals surface area contributed by atoms with E-state index in [4.69, 9.17) is 0 Å². The Balaban J connectivity index is 1.89. The molecule has 1 heterocycles. The van der Waals surface area contributed by atoms with Crippen LogP contribution in [0.15, 0.2) is 60.9 Å². The van der Waals surface area contributed by atoms with Gasteiger partial charge in [0.25, 0.3) is 5.91 Å². The molecule has 0 unspecified atom stereocenters. The maximum atomic E-state index is 12.4. The highest BCUT2D eigenvalue weighted by atomic mass is 16.1. The van der Waals surface area contributed by atoms with Gasteiger partial charge in [0.15, 0.2) is 5.78 Å². The molecule has 0 aliphatic heterocycles. The lowest BCUT2D eigenvalue weighted by Crippen LogP contribution is -2.12. The van der Waals surface area contributed by atoms with Crippen LogP contribution in [0.5, 0.6) is 0 Å². The van der Waals surface area contributed by atoms with Crippen molar-refractivity contribution >= 4 is 28.2 Å². The van der Waals surface area contributed by atoms with Crippen LogP contribution in [0, 0.1) is 0 Å². The van der Waals surface area contributed by atoms with Crippen LogP contribution in [0.2, 0.25) is 0 Å². The number of aromatic nitrogens is 1. The number of fused-ring (bicyclic) bond motifs is 1. The minimum Gasteiger partial charge on any atom is -0.322 e. The standard InChI is InChI=1S/C18H14N2O2/c1-12(21)13-5-7-15(8-6-13)20-18(22)16-4-2-3-14-9-10-19-11-17(14)16/h2-11H,1H3,(H,20,22). The van der Waals surface area contributed by atoms with Crippen molar-refractivity contribution in [2.75, 3.05) is 5.32 Å². The van der Waals surface area contributed by atoms with Gasteiger partial charge in [0.2, 0.25) is 0 Å². The van der Waals surface area contributed by atoms with Crippen LogP contribution in [0.3, 0.4) is 0 Å². The van der Waals surface area contributed by atoms with Gasteiger partial charge in [0.1, 0.15) is 0 Å². The number of benzene rings is 2. The predicted octanol–water partition coefficient (Wildman–Crippen LogP) is 3.69. The number of hydrogen-bond acceptors (Lipinski definition) is 3. The van der Waals surface area contributed by atoms with Crippen molar-refractivity contribution in [1.82, 2.24) is 4.98 Å². The van der Waals surface area contributed by atoms with E-state index in [1.807, 2.05) is 18.2 Å². The average Bonchev–Trinajstić information content (AvgIpc) is 2.54. The van der Waals surface area contributed by atoms with Crippen molar-refractivity contribution in [3.63, 3.8) is 0 Å². The molecule has 0 aliphatic carbocycles. The van der Waals surface area contributed by atoms with E-state index >= 15 is 0 Å². The molecule has 2 aromatic carbocycles. The Morgan fingerprint density at radius 2 is 1.77 bits per heavy atom. The smallest absolute Gasteiger partial charge is 0.256 e. The van der Waals surface area contributed by atoms with Gasteiger partial charge in [-0.1, -0.05) is 12.1 Å². The summed E-state index contributed by atoms with van der Waals surface area (Å²) in [5, 5.41) is 4.61. The minimum absolute atomic E-state index is 0.00185. The lowest BCUT2D eigenvalue weighted by atomic mass is 10.1. The van der Waals surface area contributed by atoms with E-state index < -0.39 is 0 Å². The number of carbonyl (C=O) groups excluding carboxylic acids is 2. The summed E-state index contributed by atoms with van der Waals surface area (Å²) >= 11 is 0. The molecule has 22 heavy (non-hydrogen) atoms. The number of hydrogen-bond donors (Lipinski definition) is 1. The molecule has 0 aliphatic rings. The Morgan fingerprint density at radius 3 is 2.50 bits per heavy atom. The number of anilines is 1. The number of nitrogens with one attached hydrogen (secondary N) is 1. The fourth-order valence-electron chi connectivity index (χ4n) is 2.30. The van der Waals surface area contributed by atoms with Crippen LogP contribution in [0.1, 0.15) is 27.6 Å². The normalized spacial score (nSPS) is 10.4. The summed E-state index contributed by atoms with van der Waals surface area (Å²) < 4.78 is 0. The van der Waals surface area contributed by atoms with Gasteiger partial charge in [-0.2, -0.15) is 0 Å². The van der Waals surface area contributed by atoms with Crippen LogP contribution in [-0.4, -0.2) is 16.7 Å². The van der Waals surface area contributed by atoms with Gasteiger partial charge < -0.3 is 5.32 Å². The van der Waals surface area contributed by atoms with Gasteiger partial charge in [0, 0.05) is 34.6 Å². The Kier molecular flexibility index (Phi) is 3.66. The largest absolute Gasteiger partial charge is 0.322 e. The number of rotatable bonds is 3. The minimum atomic E-state index is -0.200. The molecule has 0 radical (unpaired) electrons. The molecule has 3 aromatic rings. The second-order valence-electron chi connectivity index (χ2n) is 4.99. The third kappa shape index (κ3) is 2.72. The van der Waals surface area contributed by atoms with Gasteiger partial charge in [0.05, 0.1) is 0 Å². The number of ketones is 1. The van der Waals surface area contributed by atoms with Gasteiger partial charge in [-0.05, 0) is 48.7 Å². The van der Waals surface area contributed by atoms with Gasteiger partial charge in [-0.25, -0.2) is 0 Å². The molecule has 0 saturated carbocycles. The summed E-state index contributed by atoms with van der Waals surface area (Å²) in [5.41, 5.74) is 1.84. The molecule has 0 saturated heterocycles. The first kappa shape index (κ1) is 13.9. The summed E-state index contributed by atoms with van der Waals surface area (Å²) in [6.45, 7) is 1.51. The van der Waals surface area contributed by atoms with Crippen LogP contribution < -0.4 is 5.32 Å². The molecule has 0 spiro atoms. The maximum Gasteiger partial charge on any atom is 0.256 e. The van der Waals surface area contributed by atoms with Crippen LogP contribution in [0.25, 0.3) is 10.8 Å². The molecule has 3 rings (SSSR count). The maximum absolute atomic E-state index is 12.4. The van der Waals surface area contributed by atoms with E-state index in [2.05, 4.69) is 10.3 Å². The Hall–Kier alpha value is -3.01. The monoisotopic (exact) mass is 290 g/mol. The zero-order valence-electron chi connectivity index (χ0n) is 12.0. The lowest BCUT2D eigenvalue weighted by molar-refractivity contribution is 0.101. The first-order valence-electron chi connectivity index (χ1n) is 6.90. The molecule has 0 atom stereocenters. The Morgan fingerprint density at radius 1 is 1.00 bits per heavy atom. The average molecular weight is 290 g/mol. The van der Waals surface area contributed by atoms with E-state index in [9.17, 15) is 9.59 Å². The quantitative estimate of drug-likeness (QED) is 0.748. The molecular weight excluding hydrogens is 276 g/mol. The molecule has 1 N–H and O–H groups in total. The molecule has 108 valence electrons. The fourth-order valence-corrected chi connectivity index (χ4v) is 2.30. The van der Waals surface area contributed by atoms with Gasteiger partial charge >= 0.3 is 0 Å². The topological polar surface area (TPSA) is 59.1 Å². The fraction of sp³-hybridized carbons (Fsp3) is 0.0556. The van der Waals surface area contributed by atoms with E-state index in [1.165, 1.54) is 6.92 Å². The first-order chi connectivity index (χ1) is 10.6. The summed E-state index contributed by atoms with van der Waals surface area (Å²) in [6, 6.07) is 14.3. The molecule has 0 bridgehead atoms. The number of pyridine rings is 1. The number of amides is 1. The third-order valence-corrected chi connectivity index (χ3v) is 3.48. The molecule has 4 heteroatoms. The van der Waals surface area contributed by atoms with Crippen molar-refractivity contribution in [2.24, 2.45) is 0 Å². The zero-order valence-corrected chi connectivity index (χ0v) is 12.0. The van der Waals surface area contributed by atoms with Crippen molar-refractivity contribution < 1.29 is 9.59 Å². The SMILES string of the molecule is CC(=O)c1ccc(NC(=O)c2cccc3ccncc23)cc1.